The Kier molecular flexibility index (Phi) is 7.48. The molecule has 1 atom stereocenters. The van der Waals surface area contributed by atoms with Crippen molar-refractivity contribution >= 4 is 22.6 Å². The number of benzene rings is 3. The summed E-state index contributed by atoms with van der Waals surface area (Å²) in [6, 6.07) is 21.8. The number of nitrogens with one attached hydrogen (secondary N) is 1. The highest BCUT2D eigenvalue weighted by Gasteiger charge is 2.29. The van der Waals surface area contributed by atoms with Gasteiger partial charge in [0.05, 0.1) is 13.2 Å². The third-order valence-electron chi connectivity index (χ3n) is 6.74. The molecule has 0 radical (unpaired) electrons. The van der Waals surface area contributed by atoms with Crippen molar-refractivity contribution in [2.24, 2.45) is 5.92 Å². The highest BCUT2D eigenvalue weighted by Crippen LogP contribution is 2.25. The molecule has 1 aliphatic rings. The van der Waals surface area contributed by atoms with Crippen LogP contribution in [0.15, 0.2) is 66.7 Å². The molecule has 3 aromatic carbocycles. The highest BCUT2D eigenvalue weighted by molar-refractivity contribution is 6.07. The van der Waals surface area contributed by atoms with Gasteiger partial charge in [0.15, 0.2) is 0 Å². The van der Waals surface area contributed by atoms with E-state index in [9.17, 15) is 9.59 Å². The lowest BCUT2D eigenvalue weighted by molar-refractivity contribution is -0.126. The fraction of sp³-hybridized carbons (Fsp3) is 0.357. The number of hydrogen-bond acceptors (Lipinski definition) is 4. The van der Waals surface area contributed by atoms with Gasteiger partial charge in [-0.05, 0) is 61.5 Å². The Morgan fingerprint density at radius 2 is 1.74 bits per heavy atom. The molecule has 1 fully saturated rings. The van der Waals surface area contributed by atoms with Gasteiger partial charge in [0.25, 0.3) is 5.91 Å². The van der Waals surface area contributed by atoms with Crippen LogP contribution < -0.4 is 10.1 Å². The molecule has 0 aromatic heterocycles. The van der Waals surface area contributed by atoms with Crippen LogP contribution in [0.3, 0.4) is 0 Å². The molecule has 2 amide bonds. The Morgan fingerprint density at radius 1 is 1.03 bits per heavy atom. The Bertz CT molecular complexity index is 1150. The Morgan fingerprint density at radius 3 is 2.47 bits per heavy atom. The molecular weight excluding hydrogens is 426 g/mol. The summed E-state index contributed by atoms with van der Waals surface area (Å²) in [6.07, 6.45) is 1.35. The minimum atomic E-state index is -0.0790. The number of methoxy groups -OCH3 is 1. The molecule has 1 heterocycles. The van der Waals surface area contributed by atoms with Gasteiger partial charge in [-0.25, -0.2) is 0 Å². The van der Waals surface area contributed by atoms with Crippen LogP contribution in [0.5, 0.6) is 5.75 Å². The van der Waals surface area contributed by atoms with E-state index in [1.165, 1.54) is 0 Å². The molecule has 0 aliphatic carbocycles. The van der Waals surface area contributed by atoms with Crippen molar-refractivity contribution in [1.82, 2.24) is 15.1 Å². The van der Waals surface area contributed by atoms with E-state index in [2.05, 4.69) is 16.3 Å². The van der Waals surface area contributed by atoms with Gasteiger partial charge in [-0.15, -0.1) is 0 Å². The summed E-state index contributed by atoms with van der Waals surface area (Å²) in [4.78, 5) is 30.1. The van der Waals surface area contributed by atoms with E-state index in [-0.39, 0.29) is 23.8 Å². The summed E-state index contributed by atoms with van der Waals surface area (Å²) in [5.74, 6) is 0.831. The largest absolute Gasteiger partial charge is 0.497 e. The monoisotopic (exact) mass is 459 g/mol. The van der Waals surface area contributed by atoms with E-state index in [1.54, 1.807) is 7.11 Å². The van der Waals surface area contributed by atoms with Gasteiger partial charge in [-0.3, -0.25) is 9.59 Å². The normalized spacial score (nSPS) is 15.4. The van der Waals surface area contributed by atoms with Crippen LogP contribution in [0.4, 0.5) is 0 Å². The predicted molar refractivity (Wildman–Crippen MR) is 135 cm³/mol. The summed E-state index contributed by atoms with van der Waals surface area (Å²) < 4.78 is 5.35. The Balaban J connectivity index is 1.34. The van der Waals surface area contributed by atoms with Gasteiger partial charge in [0.2, 0.25) is 5.91 Å². The molecule has 178 valence electrons. The van der Waals surface area contributed by atoms with Crippen molar-refractivity contribution in [3.8, 4) is 5.75 Å². The number of nitrogens with zero attached hydrogens (tertiary/aromatic N) is 2. The lowest BCUT2D eigenvalue weighted by Gasteiger charge is -2.32. The molecule has 0 saturated carbocycles. The zero-order valence-corrected chi connectivity index (χ0v) is 20.2. The lowest BCUT2D eigenvalue weighted by atomic mass is 9.94. The number of ether oxygens (including phenoxy) is 1. The second kappa shape index (κ2) is 10.7. The molecule has 3 aromatic rings. The first-order chi connectivity index (χ1) is 16.5. The summed E-state index contributed by atoms with van der Waals surface area (Å²) in [5.41, 5.74) is 1.83. The Hall–Kier alpha value is -3.38. The van der Waals surface area contributed by atoms with Crippen molar-refractivity contribution in [3.63, 3.8) is 0 Å². The second-order valence-electron chi connectivity index (χ2n) is 9.09. The summed E-state index contributed by atoms with van der Waals surface area (Å²) in [6.45, 7) is 1.70. The van der Waals surface area contributed by atoms with Gasteiger partial charge in [0.1, 0.15) is 5.75 Å². The van der Waals surface area contributed by atoms with E-state index in [0.29, 0.717) is 32.5 Å². The number of rotatable bonds is 7. The SMILES string of the molecule is COc1cccc(C(CNC(=O)C2CCN(C(=O)c3cccc4ccccc34)CC2)N(C)C)c1. The average molecular weight is 460 g/mol. The number of carbonyl (C=O) groups excluding carboxylic acids is 2. The molecular formula is C28H33N3O3. The molecule has 1 unspecified atom stereocenters. The first-order valence-corrected chi connectivity index (χ1v) is 11.8. The molecule has 4 rings (SSSR count). The van der Waals surface area contributed by atoms with Crippen LogP contribution in [-0.4, -0.2) is 62.5 Å². The minimum Gasteiger partial charge on any atom is -0.497 e. The molecule has 6 heteroatoms. The first kappa shape index (κ1) is 23.8. The fourth-order valence-electron chi connectivity index (χ4n) is 4.72. The molecule has 0 spiro atoms. The van der Waals surface area contributed by atoms with Crippen molar-refractivity contribution in [2.45, 2.75) is 18.9 Å². The van der Waals surface area contributed by atoms with Crippen molar-refractivity contribution in [3.05, 3.63) is 77.9 Å². The van der Waals surface area contributed by atoms with Gasteiger partial charge >= 0.3 is 0 Å². The molecule has 1 N–H and O–H groups in total. The van der Waals surface area contributed by atoms with Gasteiger partial charge < -0.3 is 19.9 Å². The number of amides is 2. The summed E-state index contributed by atoms with van der Waals surface area (Å²) in [5, 5.41) is 5.18. The molecule has 1 saturated heterocycles. The number of likely N-dealkylation sites (N-methyl/N-ethyl adjacent to an activating group) is 1. The fourth-order valence-corrected chi connectivity index (χ4v) is 4.72. The van der Waals surface area contributed by atoms with E-state index < -0.39 is 0 Å². The first-order valence-electron chi connectivity index (χ1n) is 11.8. The second-order valence-corrected chi connectivity index (χ2v) is 9.09. The number of hydrogen-bond donors (Lipinski definition) is 1. The van der Waals surface area contributed by atoms with E-state index in [1.807, 2.05) is 79.7 Å². The lowest BCUT2D eigenvalue weighted by Crippen LogP contribution is -2.44. The number of piperidine rings is 1. The van der Waals surface area contributed by atoms with Crippen LogP contribution in [0, 0.1) is 5.92 Å². The predicted octanol–water partition coefficient (Wildman–Crippen LogP) is 4.12. The van der Waals surface area contributed by atoms with Gasteiger partial charge in [0, 0.05) is 31.1 Å². The topological polar surface area (TPSA) is 61.9 Å². The van der Waals surface area contributed by atoms with E-state index in [0.717, 1.165) is 27.6 Å². The maximum atomic E-state index is 13.2. The average Bonchev–Trinajstić information content (AvgIpc) is 2.88. The van der Waals surface area contributed by atoms with Gasteiger partial charge in [-0.2, -0.15) is 0 Å². The van der Waals surface area contributed by atoms with Crippen molar-refractivity contribution < 1.29 is 14.3 Å². The van der Waals surface area contributed by atoms with E-state index >= 15 is 0 Å². The van der Waals surface area contributed by atoms with Crippen molar-refractivity contribution in [1.29, 1.82) is 0 Å². The quantitative estimate of drug-likeness (QED) is 0.577. The molecule has 6 nitrogen and oxygen atoms in total. The summed E-state index contributed by atoms with van der Waals surface area (Å²) >= 11 is 0. The standard InChI is InChI=1S/C28H33N3O3/c1-30(2)26(22-10-6-11-23(18-22)34-3)19-29-27(32)21-14-16-31(17-15-21)28(33)25-13-7-9-20-8-4-5-12-24(20)25/h4-13,18,21,26H,14-17,19H2,1-3H3,(H,29,32). The third kappa shape index (κ3) is 5.23. The van der Waals surface area contributed by atoms with Crippen LogP contribution in [0.2, 0.25) is 0 Å². The van der Waals surface area contributed by atoms with Crippen LogP contribution in [0.25, 0.3) is 10.8 Å². The number of fused-ring (bicyclic) bond motifs is 1. The highest BCUT2D eigenvalue weighted by atomic mass is 16.5. The van der Waals surface area contributed by atoms with Gasteiger partial charge in [-0.1, -0.05) is 48.5 Å². The number of likely N-dealkylation sites (tertiary alicyclic amines) is 1. The van der Waals surface area contributed by atoms with Crippen LogP contribution >= 0.6 is 0 Å². The van der Waals surface area contributed by atoms with E-state index in [4.69, 9.17) is 4.74 Å². The van der Waals surface area contributed by atoms with Crippen LogP contribution in [0.1, 0.15) is 34.8 Å². The maximum absolute atomic E-state index is 13.2. The maximum Gasteiger partial charge on any atom is 0.254 e. The van der Waals surface area contributed by atoms with Crippen LogP contribution in [-0.2, 0) is 4.79 Å². The third-order valence-corrected chi connectivity index (χ3v) is 6.74. The molecule has 0 bridgehead atoms. The molecule has 1 aliphatic heterocycles. The zero-order chi connectivity index (χ0) is 24.1. The summed E-state index contributed by atoms with van der Waals surface area (Å²) in [7, 11) is 5.67. The molecule has 34 heavy (non-hydrogen) atoms. The zero-order valence-electron chi connectivity index (χ0n) is 20.2. The smallest absolute Gasteiger partial charge is 0.254 e. The van der Waals surface area contributed by atoms with Crippen molar-refractivity contribution in [2.75, 3.05) is 40.8 Å². The number of carbonyl (C=O) groups is 2. The minimum absolute atomic E-state index is 0.0429. The Labute approximate surface area is 201 Å².